The highest BCUT2D eigenvalue weighted by Gasteiger charge is 2.47. The van der Waals surface area contributed by atoms with Crippen LogP contribution in [0.2, 0.25) is 0 Å². The first-order chi connectivity index (χ1) is 21.3. The zero-order valence-electron chi connectivity index (χ0n) is 25.7. The predicted octanol–water partition coefficient (Wildman–Crippen LogP) is 5.46. The van der Waals surface area contributed by atoms with Crippen LogP contribution in [0.5, 0.6) is 0 Å². The van der Waals surface area contributed by atoms with E-state index in [0.29, 0.717) is 54.5 Å². The molecule has 10 heteroatoms. The molecule has 0 radical (unpaired) electrons. The summed E-state index contributed by atoms with van der Waals surface area (Å²) in [6.45, 7) is 0.429. The molecule has 6 rings (SSSR count). The van der Waals surface area contributed by atoms with Gasteiger partial charge < -0.3 is 29.8 Å². The van der Waals surface area contributed by atoms with E-state index in [1.165, 1.54) is 0 Å². The van der Waals surface area contributed by atoms with Crippen LogP contribution in [0.25, 0.3) is 11.0 Å². The summed E-state index contributed by atoms with van der Waals surface area (Å²) in [5, 5.41) is 3.79. The Bertz CT molecular complexity index is 1330. The van der Waals surface area contributed by atoms with E-state index in [4.69, 9.17) is 19.6 Å². The van der Waals surface area contributed by atoms with Gasteiger partial charge in [0.25, 0.3) is 0 Å². The Morgan fingerprint density at radius 3 is 2.45 bits per heavy atom. The topological polar surface area (TPSA) is 124 Å². The van der Waals surface area contributed by atoms with Crippen LogP contribution in [0.1, 0.15) is 81.2 Å². The van der Waals surface area contributed by atoms with E-state index in [2.05, 4.69) is 5.32 Å². The zero-order chi connectivity index (χ0) is 30.8. The molecule has 1 aromatic carbocycles. The molecule has 4 aliphatic rings. The molecule has 2 aromatic rings. The molecule has 3 atom stereocenters. The maximum absolute atomic E-state index is 14.1. The Balaban J connectivity index is 1.17. The number of furan rings is 1. The van der Waals surface area contributed by atoms with E-state index in [9.17, 15) is 18.8 Å². The van der Waals surface area contributed by atoms with Crippen LogP contribution in [0.15, 0.2) is 28.7 Å². The number of amides is 2. The Kier molecular flexibility index (Phi) is 9.56. The van der Waals surface area contributed by atoms with Crippen molar-refractivity contribution in [3.8, 4) is 0 Å². The Morgan fingerprint density at radius 2 is 1.77 bits per heavy atom. The summed E-state index contributed by atoms with van der Waals surface area (Å²) in [4.78, 5) is 42.3. The minimum atomic E-state index is -0.564. The van der Waals surface area contributed by atoms with Crippen molar-refractivity contribution in [1.82, 2.24) is 4.90 Å². The zero-order valence-corrected chi connectivity index (χ0v) is 25.7. The molecule has 1 aromatic heterocycles. The number of nitrogens with zero attached hydrogens (tertiary/aromatic N) is 1. The van der Waals surface area contributed by atoms with Crippen molar-refractivity contribution in [3.63, 3.8) is 0 Å². The third kappa shape index (κ3) is 6.81. The van der Waals surface area contributed by atoms with E-state index >= 15 is 0 Å². The van der Waals surface area contributed by atoms with E-state index in [0.717, 1.165) is 57.8 Å². The van der Waals surface area contributed by atoms with Gasteiger partial charge in [0.15, 0.2) is 0 Å². The average molecular weight is 612 g/mol. The van der Waals surface area contributed by atoms with Crippen LogP contribution in [0.3, 0.4) is 0 Å². The molecular formula is C34H46FN3O6. The number of carbonyl (C=O) groups is 3. The minimum absolute atomic E-state index is 0.0325. The summed E-state index contributed by atoms with van der Waals surface area (Å²) in [6.07, 6.45) is 9.91. The van der Waals surface area contributed by atoms with Crippen LogP contribution >= 0.6 is 0 Å². The summed E-state index contributed by atoms with van der Waals surface area (Å²) < 4.78 is 29.8. The Morgan fingerprint density at radius 1 is 1.02 bits per heavy atom. The number of hydrogen-bond acceptors (Lipinski definition) is 7. The Labute approximate surface area is 258 Å². The quantitative estimate of drug-likeness (QED) is 0.342. The molecule has 1 aliphatic heterocycles. The number of rotatable bonds is 10. The van der Waals surface area contributed by atoms with Crippen LogP contribution in [-0.2, 0) is 19.1 Å². The monoisotopic (exact) mass is 611 g/mol. The lowest BCUT2D eigenvalue weighted by Crippen LogP contribution is -2.50. The second kappa shape index (κ2) is 13.6. The number of benzene rings is 1. The van der Waals surface area contributed by atoms with E-state index in [-0.39, 0.29) is 41.4 Å². The number of anilines is 1. The Hall–Kier alpha value is -2.98. The number of likely N-dealkylation sites (tertiary alicyclic amines) is 1. The number of methoxy groups -OCH3 is 1. The first kappa shape index (κ1) is 31.0. The molecule has 9 nitrogen and oxygen atoms in total. The van der Waals surface area contributed by atoms with Gasteiger partial charge >= 0.3 is 5.97 Å². The number of hydrogen-bond donors (Lipinski definition) is 2. The second-order valence-electron chi connectivity index (χ2n) is 13.5. The van der Waals surface area contributed by atoms with Crippen LogP contribution in [0, 0.1) is 29.6 Å². The van der Waals surface area contributed by atoms with Crippen molar-refractivity contribution >= 4 is 34.4 Å². The molecule has 3 aliphatic carbocycles. The van der Waals surface area contributed by atoms with Gasteiger partial charge in [0.1, 0.15) is 18.3 Å². The number of esters is 1. The van der Waals surface area contributed by atoms with Crippen LogP contribution < -0.4 is 11.1 Å². The molecule has 1 saturated heterocycles. The van der Waals surface area contributed by atoms with Gasteiger partial charge in [-0.05, 0) is 119 Å². The number of nitrogens with two attached hydrogens (primary N) is 1. The summed E-state index contributed by atoms with van der Waals surface area (Å²) in [5.41, 5.74) is 7.09. The lowest BCUT2D eigenvalue weighted by molar-refractivity contribution is -0.142. The van der Waals surface area contributed by atoms with Gasteiger partial charge in [-0.3, -0.25) is 9.59 Å². The molecule has 0 unspecified atom stereocenters. The molecule has 4 fully saturated rings. The highest BCUT2D eigenvalue weighted by molar-refractivity contribution is 6.00. The van der Waals surface area contributed by atoms with Crippen molar-refractivity contribution in [1.29, 1.82) is 0 Å². The fourth-order valence-electron chi connectivity index (χ4n) is 7.79. The molecule has 3 N–H and O–H groups in total. The second-order valence-corrected chi connectivity index (χ2v) is 13.5. The van der Waals surface area contributed by atoms with E-state index in [1.54, 1.807) is 31.4 Å². The lowest BCUT2D eigenvalue weighted by Gasteiger charge is -2.37. The van der Waals surface area contributed by atoms with Gasteiger partial charge in [0.05, 0.1) is 12.7 Å². The molecule has 0 spiro atoms. The smallest absolute Gasteiger partial charge is 0.374 e. The highest BCUT2D eigenvalue weighted by atomic mass is 19.1. The normalized spacial score (nSPS) is 29.8. The van der Waals surface area contributed by atoms with E-state index < -0.39 is 24.7 Å². The summed E-state index contributed by atoms with van der Waals surface area (Å²) in [7, 11) is 1.75. The first-order valence-electron chi connectivity index (χ1n) is 16.5. The van der Waals surface area contributed by atoms with Crippen molar-refractivity contribution in [2.24, 2.45) is 35.3 Å². The number of nitrogens with one attached hydrogen (secondary N) is 1. The van der Waals surface area contributed by atoms with Gasteiger partial charge in [0, 0.05) is 36.7 Å². The van der Waals surface area contributed by atoms with Gasteiger partial charge in [-0.25, -0.2) is 9.18 Å². The highest BCUT2D eigenvalue weighted by Crippen LogP contribution is 2.42. The molecule has 0 bridgehead atoms. The SMILES string of the molecule is COC1CCC([C@@H]2CCN(C(=O)C3CCC([C@H](N)CF)CC3)[C@@H]2C(=O)Nc2ccc3oc(C(=O)OCC4CC4)cc3c2)CC1. The molecule has 2 amide bonds. The lowest BCUT2D eigenvalue weighted by atomic mass is 9.75. The number of alkyl halides is 1. The minimum Gasteiger partial charge on any atom is -0.460 e. The van der Waals surface area contributed by atoms with Crippen LogP contribution in [-0.4, -0.2) is 67.8 Å². The van der Waals surface area contributed by atoms with Gasteiger partial charge in [-0.1, -0.05) is 0 Å². The summed E-state index contributed by atoms with van der Waals surface area (Å²) >= 11 is 0. The fraction of sp³-hybridized carbons (Fsp3) is 0.676. The third-order valence-electron chi connectivity index (χ3n) is 10.7. The molecular weight excluding hydrogens is 565 g/mol. The van der Waals surface area contributed by atoms with Crippen molar-refractivity contribution in [2.75, 3.05) is 32.3 Å². The number of fused-ring (bicyclic) bond motifs is 1. The van der Waals surface area contributed by atoms with E-state index in [1.807, 2.05) is 4.90 Å². The number of carbonyl (C=O) groups excluding carboxylic acids is 3. The van der Waals surface area contributed by atoms with Crippen molar-refractivity contribution < 1.29 is 32.7 Å². The largest absolute Gasteiger partial charge is 0.460 e. The van der Waals surface area contributed by atoms with Crippen LogP contribution in [0.4, 0.5) is 10.1 Å². The van der Waals surface area contributed by atoms with Gasteiger partial charge in [-0.2, -0.15) is 0 Å². The van der Waals surface area contributed by atoms with Gasteiger partial charge in [-0.15, -0.1) is 0 Å². The standard InChI is InChI=1S/C34H46FN3O6/c1-42-26-11-8-21(9-12-26)27-14-15-38(33(40)23-6-4-22(5-7-23)28(36)18-35)31(27)32(39)37-25-10-13-29-24(16-25)17-30(44-29)34(41)43-19-20-2-3-20/h10,13,16-17,20-23,26-28,31H,2-9,11-12,14-15,18-19,36H2,1H3,(H,37,39)/t21?,22?,23?,26?,27-,28+,31-/m0/s1. The molecule has 240 valence electrons. The van der Waals surface area contributed by atoms with Crippen molar-refractivity contribution in [2.45, 2.75) is 88.8 Å². The first-order valence-corrected chi connectivity index (χ1v) is 16.5. The maximum Gasteiger partial charge on any atom is 0.374 e. The maximum atomic E-state index is 14.1. The number of halogens is 1. The van der Waals surface area contributed by atoms with Gasteiger partial charge in [0.2, 0.25) is 17.6 Å². The molecule has 44 heavy (non-hydrogen) atoms. The molecule has 2 heterocycles. The summed E-state index contributed by atoms with van der Waals surface area (Å²) in [6, 6.07) is 5.91. The average Bonchev–Trinajstić information content (AvgIpc) is 3.62. The molecule has 3 saturated carbocycles. The third-order valence-corrected chi connectivity index (χ3v) is 10.7. The predicted molar refractivity (Wildman–Crippen MR) is 164 cm³/mol. The summed E-state index contributed by atoms with van der Waals surface area (Å²) in [5.74, 6) is 0.310. The fourth-order valence-corrected chi connectivity index (χ4v) is 7.79. The van der Waals surface area contributed by atoms with Crippen molar-refractivity contribution in [3.05, 3.63) is 30.0 Å². The number of ether oxygens (including phenoxy) is 2.